The second-order valence-electron chi connectivity index (χ2n) is 17.6. The number of carbonyl (C=O) groups excluding carboxylic acids is 10. The van der Waals surface area contributed by atoms with E-state index < -0.39 is 67.7 Å². The molecule has 2 aliphatic carbocycles. The van der Waals surface area contributed by atoms with E-state index in [0.29, 0.717) is 21.5 Å². The van der Waals surface area contributed by atoms with Gasteiger partial charge < -0.3 is 29.7 Å². The first-order chi connectivity index (χ1) is 36.2. The highest BCUT2D eigenvalue weighted by Gasteiger charge is 2.37. The summed E-state index contributed by atoms with van der Waals surface area (Å²) in [5.41, 5.74) is 8.53. The molecule has 4 aliphatic rings. The van der Waals surface area contributed by atoms with Crippen LogP contribution in [0.1, 0.15) is 100 Å². The van der Waals surface area contributed by atoms with Gasteiger partial charge >= 0.3 is 32.3 Å². The minimum atomic E-state index is -4.19. The molecule has 4 atom stereocenters. The topological polar surface area (TPSA) is 344 Å². The number of anilines is 2. The van der Waals surface area contributed by atoms with Gasteiger partial charge in [-0.25, -0.2) is 9.59 Å². The third kappa shape index (κ3) is 16.9. The number of hydroxylamine groups is 4. The number of amides is 6. The minimum Gasteiger partial charge on any atom is -0.432 e. The predicted octanol–water partition coefficient (Wildman–Crippen LogP) is 6.16. The van der Waals surface area contributed by atoms with Crippen LogP contribution in [-0.4, -0.2) is 108 Å². The van der Waals surface area contributed by atoms with E-state index in [4.69, 9.17) is 44.7 Å². The molecule has 0 radical (unpaired) electrons. The number of rotatable bonds is 14. The Morgan fingerprint density at radius 1 is 0.584 bits per heavy atom. The number of halogens is 1. The monoisotopic (exact) mass is 1120 g/mol. The lowest BCUT2D eigenvalue weighted by Gasteiger charge is -2.17. The van der Waals surface area contributed by atoms with Crippen LogP contribution in [-0.2, 0) is 77.4 Å². The summed E-state index contributed by atoms with van der Waals surface area (Å²) in [6, 6.07) is 26.3. The van der Waals surface area contributed by atoms with Crippen LogP contribution < -0.4 is 10.6 Å². The van der Waals surface area contributed by atoms with Gasteiger partial charge in [-0.1, -0.05) is 84.6 Å². The molecule has 4 aromatic rings. The van der Waals surface area contributed by atoms with Gasteiger partial charge in [-0.15, -0.1) is 12.6 Å². The van der Waals surface area contributed by atoms with E-state index in [1.165, 1.54) is 13.8 Å². The van der Waals surface area contributed by atoms with E-state index in [1.54, 1.807) is 26.0 Å². The van der Waals surface area contributed by atoms with Crippen molar-refractivity contribution in [2.45, 2.75) is 78.1 Å². The summed E-state index contributed by atoms with van der Waals surface area (Å²) in [5, 5.41) is 6.56. The number of nitrogens with one attached hydrogen (secondary N) is 2. The summed E-state index contributed by atoms with van der Waals surface area (Å²) < 4.78 is 61.0. The Labute approximate surface area is 445 Å². The van der Waals surface area contributed by atoms with E-state index in [-0.39, 0.29) is 87.0 Å². The number of carbonyl (C=O) groups is 10. The molecular weight excluding hydrogens is 1080 g/mol. The summed E-state index contributed by atoms with van der Waals surface area (Å²) in [4.78, 5) is 128. The molecule has 2 aliphatic heterocycles. The Morgan fingerprint density at radius 2 is 0.883 bits per heavy atom. The molecule has 77 heavy (non-hydrogen) atoms. The quantitative estimate of drug-likeness (QED) is 0.0550. The molecule has 24 nitrogen and oxygen atoms in total. The molecule has 3 N–H and O–H groups in total. The Morgan fingerprint density at radius 3 is 1.19 bits per heavy atom. The predicted molar refractivity (Wildman–Crippen MR) is 268 cm³/mol. The number of ether oxygens (including phenoxy) is 2. The Balaban J connectivity index is 0.000000245. The average molecular weight is 1130 g/mol. The lowest BCUT2D eigenvalue weighted by molar-refractivity contribution is -0.177. The number of hydrogen-bond donors (Lipinski definition) is 3. The van der Waals surface area contributed by atoms with Gasteiger partial charge in [0.25, 0.3) is 23.6 Å². The first-order valence-electron chi connectivity index (χ1n) is 23.1. The van der Waals surface area contributed by atoms with Crippen LogP contribution in [0.4, 0.5) is 21.0 Å². The van der Waals surface area contributed by atoms with E-state index in [0.717, 1.165) is 44.5 Å². The fourth-order valence-electron chi connectivity index (χ4n) is 8.53. The third-order valence-corrected chi connectivity index (χ3v) is 11.8. The van der Waals surface area contributed by atoms with Crippen molar-refractivity contribution in [2.24, 2.45) is 11.8 Å². The largest absolute Gasteiger partial charge is 0.533 e. The minimum absolute atomic E-state index is 0.00494. The van der Waals surface area contributed by atoms with Gasteiger partial charge in [0.05, 0.1) is 0 Å². The van der Waals surface area contributed by atoms with Crippen molar-refractivity contribution < 1.29 is 92.7 Å². The Hall–Kier alpha value is -8.20. The van der Waals surface area contributed by atoms with Crippen LogP contribution in [0, 0.1) is 11.8 Å². The highest BCUT2D eigenvalue weighted by molar-refractivity contribution is 8.09. The average Bonchev–Trinajstić information content (AvgIpc) is 4.05. The number of hydrogen-bond acceptors (Lipinski definition) is 19. The van der Waals surface area contributed by atoms with Gasteiger partial charge in [0.2, 0.25) is 11.8 Å². The van der Waals surface area contributed by atoms with Crippen LogP contribution in [0.15, 0.2) is 84.9 Å². The van der Waals surface area contributed by atoms with Gasteiger partial charge in [0.1, 0.15) is 24.8 Å². The summed E-state index contributed by atoms with van der Waals surface area (Å²) in [6.45, 7) is 6.10. The van der Waals surface area contributed by atoms with Crippen LogP contribution in [0.3, 0.4) is 0 Å². The maximum Gasteiger partial charge on any atom is 0.533 e. The van der Waals surface area contributed by atoms with E-state index in [9.17, 15) is 47.9 Å². The fourth-order valence-corrected chi connectivity index (χ4v) is 8.53. The zero-order valence-electron chi connectivity index (χ0n) is 41.3. The van der Waals surface area contributed by atoms with Crippen molar-refractivity contribution in [3.8, 4) is 22.3 Å². The molecule has 0 aromatic heterocycles. The third-order valence-electron chi connectivity index (χ3n) is 11.8. The van der Waals surface area contributed by atoms with Crippen LogP contribution in [0.2, 0.25) is 0 Å². The SMILES string of the molecule is CC(=O)CC(C)C(=O)Nc1ccc2c(c1)C(COC(=O)ON1C(=O)CCC1=O)c1ccccc1-2.CC(=O)CC(C)C(=O)Nc1ccc2c(c1)C(COC(=O)ON1C(=O)CCC1=O)c1ccccc1-2.O=S(=O)(O)Cl.O=S(=O)=O. The molecule has 0 saturated carbocycles. The number of benzene rings is 4. The number of imide groups is 2. The molecule has 4 unspecified atom stereocenters. The lowest BCUT2D eigenvalue weighted by Crippen LogP contribution is -2.32. The normalized spacial score (nSPS) is 16.2. The van der Waals surface area contributed by atoms with E-state index in [2.05, 4.69) is 21.3 Å². The summed E-state index contributed by atoms with van der Waals surface area (Å²) >= 11 is 0. The maximum atomic E-state index is 12.5. The number of Topliss-reactive ketones (excluding diaryl/α,β-unsaturated/α-hetero) is 2. The number of nitrogens with zero attached hydrogens (tertiary/aromatic N) is 2. The van der Waals surface area contributed by atoms with Gasteiger partial charge in [-0.2, -0.15) is 8.42 Å². The standard InChI is InChI=1S/2C25H24N2O7.ClHO3S.O3S/c2*1-14(11-15(2)28)24(31)26-16-7-8-19-17-5-3-4-6-18(17)21(20(19)12-16)13-33-25(32)34-27-22(29)9-10-23(27)30;1-5(2,3)4;1-4(2)3/h2*3-8,12,14,21H,9-11,13H2,1-2H3,(H,26,31);(H,2,3,4);. The molecule has 8 rings (SSSR count). The molecule has 0 bridgehead atoms. The maximum absolute atomic E-state index is 12.5. The fraction of sp³-hybridized carbons (Fsp3) is 0.320. The van der Waals surface area contributed by atoms with Crippen molar-refractivity contribution in [1.29, 1.82) is 0 Å². The molecule has 4 aromatic carbocycles. The zero-order chi connectivity index (χ0) is 56.9. The van der Waals surface area contributed by atoms with Crippen LogP contribution in [0.25, 0.3) is 22.3 Å². The zero-order valence-corrected chi connectivity index (χ0v) is 43.7. The Bertz CT molecular complexity index is 3030. The Kier molecular flexibility index (Phi) is 20.6. The molecule has 2 fully saturated rings. The summed E-state index contributed by atoms with van der Waals surface area (Å²) in [7, 11) is -3.25. The first-order valence-corrected chi connectivity index (χ1v) is 26.4. The highest BCUT2D eigenvalue weighted by Crippen LogP contribution is 2.47. The molecule has 408 valence electrons. The van der Waals surface area contributed by atoms with Crippen molar-refractivity contribution in [1.82, 2.24) is 10.1 Å². The first kappa shape index (κ1) is 59.7. The smallest absolute Gasteiger partial charge is 0.432 e. The molecular formula is C50H49ClN4O20S2. The van der Waals surface area contributed by atoms with Crippen molar-refractivity contribution >= 4 is 101 Å². The van der Waals surface area contributed by atoms with Crippen molar-refractivity contribution in [2.75, 3.05) is 23.8 Å². The van der Waals surface area contributed by atoms with Gasteiger partial charge in [0.15, 0.2) is 0 Å². The number of ketones is 2. The van der Waals surface area contributed by atoms with Crippen LogP contribution in [0.5, 0.6) is 0 Å². The van der Waals surface area contributed by atoms with Crippen LogP contribution >= 0.6 is 10.7 Å². The molecule has 27 heteroatoms. The molecule has 0 spiro atoms. The highest BCUT2D eigenvalue weighted by atomic mass is 35.7. The molecule has 2 saturated heterocycles. The lowest BCUT2D eigenvalue weighted by atomic mass is 9.97. The van der Waals surface area contributed by atoms with E-state index in [1.807, 2.05) is 72.8 Å². The van der Waals surface area contributed by atoms with Crippen molar-refractivity contribution in [3.63, 3.8) is 0 Å². The van der Waals surface area contributed by atoms with E-state index >= 15 is 0 Å². The second kappa shape index (κ2) is 26.5. The molecule has 6 amide bonds. The second-order valence-corrected chi connectivity index (χ2v) is 20.0. The summed E-state index contributed by atoms with van der Waals surface area (Å²) in [5.74, 6) is -4.59. The number of fused-ring (bicyclic) bond motifs is 6. The summed E-state index contributed by atoms with van der Waals surface area (Å²) in [6.07, 6.45) is -1.99. The van der Waals surface area contributed by atoms with Gasteiger partial charge in [0, 0.05) is 84.3 Å². The molecule has 2 heterocycles. The van der Waals surface area contributed by atoms with Gasteiger partial charge in [-0.3, -0.25) is 43.0 Å². The van der Waals surface area contributed by atoms with Gasteiger partial charge in [-0.05, 0) is 82.6 Å². The van der Waals surface area contributed by atoms with Crippen molar-refractivity contribution in [3.05, 3.63) is 107 Å².